The van der Waals surface area contributed by atoms with E-state index in [9.17, 15) is 9.90 Å². The van der Waals surface area contributed by atoms with Crippen LogP contribution in [0, 0.1) is 0 Å². The molecule has 1 amide bonds. The Bertz CT molecular complexity index is 896. The zero-order valence-corrected chi connectivity index (χ0v) is 14.5. The number of aryl methyl sites for hydroxylation is 2. The van der Waals surface area contributed by atoms with Gasteiger partial charge in [-0.15, -0.1) is 0 Å². The van der Waals surface area contributed by atoms with Gasteiger partial charge in [0, 0.05) is 38.2 Å². The lowest BCUT2D eigenvalue weighted by Gasteiger charge is -2.19. The normalized spacial score (nSPS) is 15.5. The van der Waals surface area contributed by atoms with Crippen LogP contribution in [0.2, 0.25) is 0 Å². The number of H-pyrrole nitrogens is 1. The average Bonchev–Trinajstić information content (AvgIpc) is 3.34. The molecule has 0 bridgehead atoms. The molecule has 4 rings (SSSR count). The molecule has 0 saturated carbocycles. The summed E-state index contributed by atoms with van der Waals surface area (Å²) >= 11 is 0. The van der Waals surface area contributed by atoms with Crippen molar-refractivity contribution in [1.82, 2.24) is 34.4 Å². The van der Waals surface area contributed by atoms with Gasteiger partial charge in [-0.25, -0.2) is 4.98 Å². The number of aromatic amines is 1. The molecule has 0 spiro atoms. The Kier molecular flexibility index (Phi) is 4.29. The molecule has 26 heavy (non-hydrogen) atoms. The number of nitrogens with zero attached hydrogens (tertiary/aromatic N) is 6. The molecular weight excluding hydrogens is 334 g/mol. The summed E-state index contributed by atoms with van der Waals surface area (Å²) in [6, 6.07) is 3.65. The van der Waals surface area contributed by atoms with Crippen LogP contribution in [0.25, 0.3) is 0 Å². The molecule has 2 N–H and O–H groups in total. The summed E-state index contributed by atoms with van der Waals surface area (Å²) in [6.07, 6.45) is 5.18. The maximum Gasteiger partial charge on any atom is 0.228 e. The number of fused-ring (bicyclic) bond motifs is 1. The summed E-state index contributed by atoms with van der Waals surface area (Å²) in [4.78, 5) is 21.3. The molecule has 1 atom stereocenters. The van der Waals surface area contributed by atoms with Crippen LogP contribution in [0.3, 0.4) is 0 Å². The topological polar surface area (TPSA) is 105 Å². The van der Waals surface area contributed by atoms with E-state index >= 15 is 0 Å². The van der Waals surface area contributed by atoms with E-state index in [0.717, 1.165) is 24.4 Å². The summed E-state index contributed by atoms with van der Waals surface area (Å²) in [6.45, 7) is 1.90. The Morgan fingerprint density at radius 2 is 2.31 bits per heavy atom. The number of hydrogen-bond acceptors (Lipinski definition) is 5. The number of carbonyl (C=O) groups is 1. The minimum absolute atomic E-state index is 0.0534. The Balaban J connectivity index is 1.52. The molecule has 9 nitrogen and oxygen atoms in total. The van der Waals surface area contributed by atoms with E-state index in [0.29, 0.717) is 30.9 Å². The molecule has 0 aromatic carbocycles. The minimum atomic E-state index is -0.837. The fourth-order valence-electron chi connectivity index (χ4n) is 3.29. The van der Waals surface area contributed by atoms with Crippen molar-refractivity contribution in [2.24, 2.45) is 7.05 Å². The van der Waals surface area contributed by atoms with Crippen LogP contribution in [0.1, 0.15) is 35.3 Å². The van der Waals surface area contributed by atoms with Crippen molar-refractivity contribution in [2.45, 2.75) is 32.0 Å². The lowest BCUT2D eigenvalue weighted by molar-refractivity contribution is -0.131. The van der Waals surface area contributed by atoms with Gasteiger partial charge >= 0.3 is 0 Å². The Labute approximate surface area is 150 Å². The summed E-state index contributed by atoms with van der Waals surface area (Å²) in [5.41, 5.74) is 2.99. The first-order valence-corrected chi connectivity index (χ1v) is 8.59. The predicted molar refractivity (Wildman–Crippen MR) is 91.8 cm³/mol. The third kappa shape index (κ3) is 3.13. The Morgan fingerprint density at radius 1 is 1.42 bits per heavy atom. The van der Waals surface area contributed by atoms with Crippen molar-refractivity contribution >= 4 is 5.91 Å². The maximum atomic E-state index is 12.6. The van der Waals surface area contributed by atoms with Gasteiger partial charge in [-0.3, -0.25) is 14.2 Å². The maximum absolute atomic E-state index is 12.6. The zero-order chi connectivity index (χ0) is 18.1. The van der Waals surface area contributed by atoms with E-state index in [1.54, 1.807) is 36.5 Å². The fraction of sp³-hybridized carbons (Fsp3) is 0.412. The van der Waals surface area contributed by atoms with E-state index < -0.39 is 6.10 Å². The van der Waals surface area contributed by atoms with Crippen molar-refractivity contribution in [3.63, 3.8) is 0 Å². The molecule has 4 heterocycles. The highest BCUT2D eigenvalue weighted by Gasteiger charge is 2.24. The van der Waals surface area contributed by atoms with E-state index in [-0.39, 0.29) is 5.91 Å². The van der Waals surface area contributed by atoms with Gasteiger partial charge in [-0.05, 0) is 18.6 Å². The van der Waals surface area contributed by atoms with E-state index in [4.69, 9.17) is 0 Å². The van der Waals surface area contributed by atoms with E-state index in [1.807, 2.05) is 15.6 Å². The first kappa shape index (κ1) is 16.5. The second kappa shape index (κ2) is 6.75. The second-order valence-corrected chi connectivity index (χ2v) is 6.49. The predicted octanol–water partition coefficient (Wildman–Crippen LogP) is 0.396. The smallest absolute Gasteiger partial charge is 0.228 e. The van der Waals surface area contributed by atoms with Crippen LogP contribution in [0.5, 0.6) is 0 Å². The molecule has 1 aliphatic heterocycles. The largest absolute Gasteiger partial charge is 0.380 e. The van der Waals surface area contributed by atoms with Gasteiger partial charge < -0.3 is 15.0 Å². The van der Waals surface area contributed by atoms with Gasteiger partial charge in [-0.1, -0.05) is 0 Å². The molecular formula is C17H21N7O2. The number of aliphatic hydroxyl groups is 1. The van der Waals surface area contributed by atoms with Crippen LogP contribution >= 0.6 is 0 Å². The van der Waals surface area contributed by atoms with Crippen molar-refractivity contribution < 1.29 is 9.90 Å². The standard InChI is InChI=1S/C17H21N7O2/c1-22-15(3-4-20-22)17(26)14-8-13-10-23(5-2-6-24(13)21-14)16(25)7-12-9-18-11-19-12/h3-4,8-9,11,17,26H,2,5-7,10H2,1H3,(H,18,19)/t17-/m1/s1. The lowest BCUT2D eigenvalue weighted by atomic mass is 10.1. The van der Waals surface area contributed by atoms with Gasteiger partial charge in [0.15, 0.2) is 0 Å². The van der Waals surface area contributed by atoms with E-state index in [1.165, 1.54) is 0 Å². The Morgan fingerprint density at radius 3 is 3.04 bits per heavy atom. The molecule has 0 unspecified atom stereocenters. The Hall–Kier alpha value is -2.94. The number of aliphatic hydroxyl groups excluding tert-OH is 1. The second-order valence-electron chi connectivity index (χ2n) is 6.49. The van der Waals surface area contributed by atoms with Gasteiger partial charge in [-0.2, -0.15) is 10.2 Å². The third-order valence-electron chi connectivity index (χ3n) is 4.70. The van der Waals surface area contributed by atoms with Gasteiger partial charge in [0.2, 0.25) is 5.91 Å². The quantitative estimate of drug-likeness (QED) is 0.705. The summed E-state index contributed by atoms with van der Waals surface area (Å²) in [5.74, 6) is 0.0534. The molecule has 1 aliphatic rings. The molecule has 0 saturated heterocycles. The minimum Gasteiger partial charge on any atom is -0.380 e. The number of nitrogens with one attached hydrogen (secondary N) is 1. The zero-order valence-electron chi connectivity index (χ0n) is 14.5. The number of imidazole rings is 1. The van der Waals surface area contributed by atoms with Crippen molar-refractivity contribution in [3.05, 3.63) is 53.6 Å². The lowest BCUT2D eigenvalue weighted by Crippen LogP contribution is -2.32. The summed E-state index contributed by atoms with van der Waals surface area (Å²) in [7, 11) is 1.79. The summed E-state index contributed by atoms with van der Waals surface area (Å²) < 4.78 is 3.52. The highest BCUT2D eigenvalue weighted by Crippen LogP contribution is 2.23. The monoisotopic (exact) mass is 355 g/mol. The molecule has 0 aliphatic carbocycles. The number of hydrogen-bond donors (Lipinski definition) is 2. The SMILES string of the molecule is Cn1nccc1[C@H](O)c1cc2n(n1)CCCN(C(=O)Cc1cnc[nH]1)C2. The molecule has 3 aromatic heterocycles. The van der Waals surface area contributed by atoms with E-state index in [2.05, 4.69) is 20.2 Å². The fourth-order valence-corrected chi connectivity index (χ4v) is 3.29. The van der Waals surface area contributed by atoms with Crippen molar-refractivity contribution in [3.8, 4) is 0 Å². The first-order valence-electron chi connectivity index (χ1n) is 8.59. The molecule has 136 valence electrons. The molecule has 3 aromatic rings. The third-order valence-corrected chi connectivity index (χ3v) is 4.70. The van der Waals surface area contributed by atoms with Crippen molar-refractivity contribution in [2.75, 3.05) is 6.54 Å². The van der Waals surface area contributed by atoms with Crippen LogP contribution in [-0.4, -0.2) is 52.0 Å². The van der Waals surface area contributed by atoms with Crippen LogP contribution in [-0.2, 0) is 31.4 Å². The van der Waals surface area contributed by atoms with Crippen LogP contribution in [0.15, 0.2) is 30.9 Å². The van der Waals surface area contributed by atoms with Gasteiger partial charge in [0.1, 0.15) is 6.10 Å². The van der Waals surface area contributed by atoms with Crippen LogP contribution < -0.4 is 0 Å². The number of aromatic nitrogens is 6. The number of amides is 1. The average molecular weight is 355 g/mol. The molecule has 0 radical (unpaired) electrons. The highest BCUT2D eigenvalue weighted by molar-refractivity contribution is 5.78. The van der Waals surface area contributed by atoms with Gasteiger partial charge in [0.25, 0.3) is 0 Å². The van der Waals surface area contributed by atoms with Gasteiger partial charge in [0.05, 0.1) is 36.4 Å². The molecule has 9 heteroatoms. The van der Waals surface area contributed by atoms with Crippen molar-refractivity contribution in [1.29, 1.82) is 0 Å². The first-order chi connectivity index (χ1) is 12.6. The summed E-state index contributed by atoms with van der Waals surface area (Å²) in [5, 5.41) is 19.2. The number of carbonyl (C=O) groups excluding carboxylic acids is 1. The highest BCUT2D eigenvalue weighted by atomic mass is 16.3. The molecule has 0 fully saturated rings. The number of rotatable bonds is 4. The van der Waals surface area contributed by atoms with Crippen LogP contribution in [0.4, 0.5) is 0 Å².